The quantitative estimate of drug-likeness (QED) is 0.509. The Morgan fingerprint density at radius 2 is 1.86 bits per heavy atom. The Morgan fingerprint density at radius 1 is 1.29 bits per heavy atom. The molecule has 1 aromatic rings. The molecule has 5 nitrogen and oxygen atoms in total. The summed E-state index contributed by atoms with van der Waals surface area (Å²) < 4.78 is 38.4. The first-order valence-electron chi connectivity index (χ1n) is 6.20. The molecule has 0 aliphatic carbocycles. The molecule has 0 bridgehead atoms. The number of nitrogens with two attached hydrogens (primary N) is 1. The molecule has 0 radical (unpaired) electrons. The number of nitrogens with one attached hydrogen (secondary N) is 3. The van der Waals surface area contributed by atoms with Gasteiger partial charge in [0.05, 0.1) is 17.3 Å². The molecular formula is C13H17F3N4O. The first-order valence-corrected chi connectivity index (χ1v) is 6.20. The van der Waals surface area contributed by atoms with Crippen molar-refractivity contribution < 1.29 is 18.0 Å². The maximum absolute atomic E-state index is 12.8. The lowest BCUT2D eigenvalue weighted by Gasteiger charge is -2.21. The highest BCUT2D eigenvalue weighted by atomic mass is 19.4. The van der Waals surface area contributed by atoms with E-state index in [1.165, 1.54) is 12.1 Å². The van der Waals surface area contributed by atoms with E-state index in [1.54, 1.807) is 13.8 Å². The SMILES string of the molecule is CC(C)C(NC(=O)Nc1ccccc1C(F)(F)F)C(=N)N. The molecule has 21 heavy (non-hydrogen) atoms. The lowest BCUT2D eigenvalue weighted by Crippen LogP contribution is -2.48. The van der Waals surface area contributed by atoms with E-state index in [0.717, 1.165) is 12.1 Å². The van der Waals surface area contributed by atoms with E-state index in [0.29, 0.717) is 0 Å². The van der Waals surface area contributed by atoms with Crippen LogP contribution < -0.4 is 16.4 Å². The average molecular weight is 302 g/mol. The molecule has 0 heterocycles. The van der Waals surface area contributed by atoms with Crippen LogP contribution in [0.3, 0.4) is 0 Å². The molecule has 1 atom stereocenters. The topological polar surface area (TPSA) is 91.0 Å². The minimum atomic E-state index is -4.57. The van der Waals surface area contributed by atoms with Crippen LogP contribution in [0.5, 0.6) is 0 Å². The normalized spacial score (nSPS) is 12.9. The van der Waals surface area contributed by atoms with Gasteiger partial charge in [-0.05, 0) is 18.1 Å². The zero-order chi connectivity index (χ0) is 16.2. The second-order valence-corrected chi connectivity index (χ2v) is 4.82. The molecule has 2 amide bonds. The number of rotatable bonds is 4. The summed E-state index contributed by atoms with van der Waals surface area (Å²) in [5.74, 6) is -0.421. The van der Waals surface area contributed by atoms with Crippen LogP contribution in [-0.4, -0.2) is 17.9 Å². The zero-order valence-corrected chi connectivity index (χ0v) is 11.6. The lowest BCUT2D eigenvalue weighted by molar-refractivity contribution is -0.136. The number of anilines is 1. The molecule has 0 aliphatic heterocycles. The highest BCUT2D eigenvalue weighted by Gasteiger charge is 2.33. The minimum absolute atomic E-state index is 0.161. The van der Waals surface area contributed by atoms with E-state index in [9.17, 15) is 18.0 Å². The Labute approximate surface area is 120 Å². The molecule has 5 N–H and O–H groups in total. The number of amides is 2. The first-order chi connectivity index (χ1) is 9.62. The summed E-state index contributed by atoms with van der Waals surface area (Å²) in [6, 6.07) is 3.05. The number of hydrogen-bond acceptors (Lipinski definition) is 2. The van der Waals surface area contributed by atoms with Crippen molar-refractivity contribution >= 4 is 17.6 Å². The molecule has 116 valence electrons. The summed E-state index contributed by atoms with van der Waals surface area (Å²) in [5, 5.41) is 11.9. The molecule has 1 unspecified atom stereocenters. The largest absolute Gasteiger partial charge is 0.418 e. The van der Waals surface area contributed by atoms with Crippen LogP contribution in [0.4, 0.5) is 23.7 Å². The van der Waals surface area contributed by atoms with Gasteiger partial charge in [-0.2, -0.15) is 13.2 Å². The Bertz CT molecular complexity index is 528. The molecule has 8 heteroatoms. The fourth-order valence-electron chi connectivity index (χ4n) is 1.74. The third kappa shape index (κ3) is 4.66. The van der Waals surface area contributed by atoms with Gasteiger partial charge in [0.1, 0.15) is 5.84 Å². The van der Waals surface area contributed by atoms with Crippen molar-refractivity contribution in [3.8, 4) is 0 Å². The van der Waals surface area contributed by atoms with E-state index in [-0.39, 0.29) is 17.4 Å². The minimum Gasteiger partial charge on any atom is -0.386 e. The Balaban J connectivity index is 2.87. The monoisotopic (exact) mass is 302 g/mol. The zero-order valence-electron chi connectivity index (χ0n) is 11.6. The van der Waals surface area contributed by atoms with Gasteiger partial charge in [-0.25, -0.2) is 4.79 Å². The summed E-state index contributed by atoms with van der Waals surface area (Å²) in [6.07, 6.45) is -4.57. The van der Waals surface area contributed by atoms with Crippen molar-refractivity contribution in [1.82, 2.24) is 5.32 Å². The van der Waals surface area contributed by atoms with Gasteiger partial charge in [-0.15, -0.1) is 0 Å². The third-order valence-electron chi connectivity index (χ3n) is 2.77. The van der Waals surface area contributed by atoms with E-state index < -0.39 is 23.8 Å². The van der Waals surface area contributed by atoms with E-state index in [4.69, 9.17) is 11.1 Å². The van der Waals surface area contributed by atoms with Crippen molar-refractivity contribution in [2.24, 2.45) is 11.7 Å². The molecule has 0 saturated carbocycles. The number of halogens is 3. The van der Waals surface area contributed by atoms with Gasteiger partial charge in [0.2, 0.25) is 0 Å². The smallest absolute Gasteiger partial charge is 0.386 e. The second kappa shape index (κ2) is 6.47. The molecule has 1 rings (SSSR count). The summed E-state index contributed by atoms with van der Waals surface area (Å²) in [6.45, 7) is 3.46. The van der Waals surface area contributed by atoms with E-state index in [2.05, 4.69) is 10.6 Å². The Morgan fingerprint density at radius 3 is 2.33 bits per heavy atom. The molecule has 0 aliphatic rings. The molecule has 0 spiro atoms. The average Bonchev–Trinajstić information content (AvgIpc) is 2.34. The lowest BCUT2D eigenvalue weighted by atomic mass is 10.0. The van der Waals surface area contributed by atoms with Crippen LogP contribution in [0.15, 0.2) is 24.3 Å². The highest BCUT2D eigenvalue weighted by molar-refractivity contribution is 5.94. The molecule has 0 saturated heterocycles. The number of carbonyl (C=O) groups excluding carboxylic acids is 1. The van der Waals surface area contributed by atoms with E-state index in [1.807, 2.05) is 0 Å². The van der Waals surface area contributed by atoms with Gasteiger partial charge in [-0.1, -0.05) is 26.0 Å². The summed E-state index contributed by atoms with van der Waals surface area (Å²) >= 11 is 0. The van der Waals surface area contributed by atoms with Crippen molar-refractivity contribution in [1.29, 1.82) is 5.41 Å². The van der Waals surface area contributed by atoms with Crippen LogP contribution in [0.1, 0.15) is 19.4 Å². The van der Waals surface area contributed by atoms with Crippen LogP contribution in [0.25, 0.3) is 0 Å². The maximum atomic E-state index is 12.8. The highest BCUT2D eigenvalue weighted by Crippen LogP contribution is 2.34. The Hall–Kier alpha value is -2.25. The van der Waals surface area contributed by atoms with Crippen LogP contribution in [0, 0.1) is 11.3 Å². The number of carbonyl (C=O) groups is 1. The Kier molecular flexibility index (Phi) is 5.17. The molecule has 1 aromatic carbocycles. The number of alkyl halides is 3. The van der Waals surface area contributed by atoms with Crippen molar-refractivity contribution in [3.05, 3.63) is 29.8 Å². The number of amidine groups is 1. The number of benzene rings is 1. The number of para-hydroxylation sites is 1. The standard InChI is InChI=1S/C13H17F3N4O/c1-7(2)10(11(17)18)20-12(21)19-9-6-4-3-5-8(9)13(14,15)16/h3-7,10H,1-2H3,(H3,17,18)(H2,19,20,21). The fourth-order valence-corrected chi connectivity index (χ4v) is 1.74. The summed E-state index contributed by atoms with van der Waals surface area (Å²) in [5.41, 5.74) is 4.05. The van der Waals surface area contributed by atoms with Crippen LogP contribution in [-0.2, 0) is 6.18 Å². The van der Waals surface area contributed by atoms with Gasteiger partial charge in [0.15, 0.2) is 0 Å². The van der Waals surface area contributed by atoms with Crippen LogP contribution in [0.2, 0.25) is 0 Å². The molecule has 0 aromatic heterocycles. The fraction of sp³-hybridized carbons (Fsp3) is 0.385. The first kappa shape index (κ1) is 16.8. The van der Waals surface area contributed by atoms with Gasteiger partial charge in [0.25, 0.3) is 0 Å². The third-order valence-corrected chi connectivity index (χ3v) is 2.77. The number of hydrogen-bond donors (Lipinski definition) is 4. The maximum Gasteiger partial charge on any atom is 0.418 e. The van der Waals surface area contributed by atoms with Gasteiger partial charge in [-0.3, -0.25) is 5.41 Å². The van der Waals surface area contributed by atoms with Crippen molar-refractivity contribution in [3.63, 3.8) is 0 Å². The van der Waals surface area contributed by atoms with Crippen molar-refractivity contribution in [2.45, 2.75) is 26.1 Å². The predicted molar refractivity (Wildman–Crippen MR) is 74.1 cm³/mol. The van der Waals surface area contributed by atoms with Crippen molar-refractivity contribution in [2.75, 3.05) is 5.32 Å². The second-order valence-electron chi connectivity index (χ2n) is 4.82. The van der Waals surface area contributed by atoms with Gasteiger partial charge < -0.3 is 16.4 Å². The summed E-state index contributed by atoms with van der Waals surface area (Å²) in [4.78, 5) is 11.8. The number of urea groups is 1. The van der Waals surface area contributed by atoms with Gasteiger partial charge in [0, 0.05) is 0 Å². The van der Waals surface area contributed by atoms with Gasteiger partial charge >= 0.3 is 12.2 Å². The predicted octanol–water partition coefficient (Wildman–Crippen LogP) is 2.79. The van der Waals surface area contributed by atoms with E-state index >= 15 is 0 Å². The van der Waals surface area contributed by atoms with Crippen LogP contribution >= 0.6 is 0 Å². The molecule has 0 fully saturated rings. The summed E-state index contributed by atoms with van der Waals surface area (Å²) in [7, 11) is 0. The molecular weight excluding hydrogens is 285 g/mol.